The van der Waals surface area contributed by atoms with Gasteiger partial charge in [-0.15, -0.1) is 10.2 Å². The molecule has 1 aromatic rings. The van der Waals surface area contributed by atoms with Crippen molar-refractivity contribution in [3.63, 3.8) is 0 Å². The van der Waals surface area contributed by atoms with Gasteiger partial charge in [-0.1, -0.05) is 25.6 Å². The number of carbonyl (C=O) groups is 2. The summed E-state index contributed by atoms with van der Waals surface area (Å²) in [5, 5.41) is 10.7. The van der Waals surface area contributed by atoms with Gasteiger partial charge in [0.15, 0.2) is 5.16 Å². The highest BCUT2D eigenvalue weighted by Gasteiger charge is 2.31. The van der Waals surface area contributed by atoms with E-state index in [-0.39, 0.29) is 5.92 Å². The van der Waals surface area contributed by atoms with E-state index in [1.807, 2.05) is 0 Å². The van der Waals surface area contributed by atoms with Crippen LogP contribution in [0, 0.1) is 0 Å². The highest BCUT2D eigenvalue weighted by atomic mass is 32.2. The first-order chi connectivity index (χ1) is 9.40. The van der Waals surface area contributed by atoms with Gasteiger partial charge >= 0.3 is 6.03 Å². The van der Waals surface area contributed by atoms with Gasteiger partial charge in [-0.25, -0.2) is 4.79 Å². The van der Waals surface area contributed by atoms with Crippen LogP contribution in [0.4, 0.5) is 4.79 Å². The molecule has 1 fully saturated rings. The van der Waals surface area contributed by atoms with E-state index in [1.165, 1.54) is 11.8 Å². The van der Waals surface area contributed by atoms with Crippen LogP contribution < -0.4 is 11.1 Å². The number of amides is 3. The Morgan fingerprint density at radius 2 is 2.00 bits per heavy atom. The summed E-state index contributed by atoms with van der Waals surface area (Å²) in [5.74, 6) is 0.809. The molecule has 7 nitrogen and oxygen atoms in total. The van der Waals surface area contributed by atoms with Gasteiger partial charge < -0.3 is 10.3 Å². The SMILES string of the molecule is CC(C)c1nnc(S[C@@H](C)C(=O)NC(N)=O)n1C1CC1. The molecule has 3 amide bonds. The normalized spacial score (nSPS) is 16.2. The molecule has 0 saturated heterocycles. The van der Waals surface area contributed by atoms with Crippen molar-refractivity contribution >= 4 is 23.7 Å². The number of rotatable bonds is 5. The highest BCUT2D eigenvalue weighted by molar-refractivity contribution is 8.00. The van der Waals surface area contributed by atoms with E-state index in [2.05, 4.69) is 33.9 Å². The Bertz CT molecular complexity index is 524. The Morgan fingerprint density at radius 3 is 2.50 bits per heavy atom. The zero-order valence-corrected chi connectivity index (χ0v) is 12.6. The third-order valence-electron chi connectivity index (χ3n) is 3.02. The van der Waals surface area contributed by atoms with Gasteiger partial charge in [0.05, 0.1) is 5.25 Å². The summed E-state index contributed by atoms with van der Waals surface area (Å²) in [4.78, 5) is 22.4. The molecule has 1 aliphatic carbocycles. The van der Waals surface area contributed by atoms with Crippen molar-refractivity contribution < 1.29 is 9.59 Å². The second kappa shape index (κ2) is 5.82. The number of imide groups is 1. The molecule has 8 heteroatoms. The number of nitrogens with zero attached hydrogens (tertiary/aromatic N) is 3. The largest absolute Gasteiger partial charge is 0.351 e. The van der Waals surface area contributed by atoms with Crippen LogP contribution in [0.5, 0.6) is 0 Å². The fraction of sp³-hybridized carbons (Fsp3) is 0.667. The summed E-state index contributed by atoms with van der Waals surface area (Å²) in [6.45, 7) is 5.85. The van der Waals surface area contributed by atoms with Gasteiger partial charge in [0.25, 0.3) is 0 Å². The smallest absolute Gasteiger partial charge is 0.318 e. The second-order valence-electron chi connectivity index (χ2n) is 5.21. The van der Waals surface area contributed by atoms with Crippen LogP contribution in [-0.4, -0.2) is 32.0 Å². The van der Waals surface area contributed by atoms with Crippen molar-refractivity contribution in [1.82, 2.24) is 20.1 Å². The second-order valence-corrected chi connectivity index (χ2v) is 6.52. The summed E-state index contributed by atoms with van der Waals surface area (Å²) in [6.07, 6.45) is 2.24. The van der Waals surface area contributed by atoms with Gasteiger partial charge in [-0.3, -0.25) is 10.1 Å². The number of urea groups is 1. The number of thioether (sulfide) groups is 1. The lowest BCUT2D eigenvalue weighted by atomic mass is 10.2. The van der Waals surface area contributed by atoms with Gasteiger partial charge in [-0.05, 0) is 19.8 Å². The molecule has 0 spiro atoms. The number of aromatic nitrogens is 3. The zero-order valence-electron chi connectivity index (χ0n) is 11.8. The first kappa shape index (κ1) is 14.8. The van der Waals surface area contributed by atoms with Crippen molar-refractivity contribution in [1.29, 1.82) is 0 Å². The average molecular weight is 297 g/mol. The molecule has 0 unspecified atom stereocenters. The topological polar surface area (TPSA) is 103 Å². The predicted molar refractivity (Wildman–Crippen MR) is 75.4 cm³/mol. The lowest BCUT2D eigenvalue weighted by molar-refractivity contribution is -0.119. The molecule has 0 bridgehead atoms. The molecule has 20 heavy (non-hydrogen) atoms. The summed E-state index contributed by atoms with van der Waals surface area (Å²) in [5.41, 5.74) is 4.94. The van der Waals surface area contributed by atoms with E-state index in [4.69, 9.17) is 5.73 Å². The summed E-state index contributed by atoms with van der Waals surface area (Å²) in [6, 6.07) is -0.398. The molecule has 1 heterocycles. The van der Waals surface area contributed by atoms with Crippen LogP contribution in [0.25, 0.3) is 0 Å². The number of primary amides is 1. The molecule has 0 aliphatic heterocycles. The number of hydrogen-bond acceptors (Lipinski definition) is 5. The maximum atomic E-state index is 11.7. The van der Waals surface area contributed by atoms with Crippen LogP contribution in [0.2, 0.25) is 0 Å². The molecule has 1 aromatic heterocycles. The Labute approximate surface area is 121 Å². The van der Waals surface area contributed by atoms with Crippen LogP contribution >= 0.6 is 11.8 Å². The Hall–Kier alpha value is -1.57. The minimum atomic E-state index is -0.839. The molecule has 0 aromatic carbocycles. The van der Waals surface area contributed by atoms with E-state index in [1.54, 1.807) is 6.92 Å². The third-order valence-corrected chi connectivity index (χ3v) is 4.07. The summed E-state index contributed by atoms with van der Waals surface area (Å²) in [7, 11) is 0. The minimum absolute atomic E-state index is 0.284. The van der Waals surface area contributed by atoms with E-state index in [9.17, 15) is 9.59 Å². The number of nitrogens with two attached hydrogens (primary N) is 1. The molecular weight excluding hydrogens is 278 g/mol. The number of hydrogen-bond donors (Lipinski definition) is 2. The zero-order chi connectivity index (χ0) is 14.9. The molecule has 3 N–H and O–H groups in total. The van der Waals surface area contributed by atoms with Crippen LogP contribution in [0.3, 0.4) is 0 Å². The van der Waals surface area contributed by atoms with Crippen molar-refractivity contribution in [2.24, 2.45) is 5.73 Å². The van der Waals surface area contributed by atoms with Crippen LogP contribution in [0.15, 0.2) is 5.16 Å². The maximum Gasteiger partial charge on any atom is 0.318 e. The lowest BCUT2D eigenvalue weighted by Crippen LogP contribution is -2.39. The fourth-order valence-corrected chi connectivity index (χ4v) is 2.80. The Balaban J connectivity index is 2.13. The van der Waals surface area contributed by atoms with Gasteiger partial charge in [0.2, 0.25) is 5.91 Å². The van der Waals surface area contributed by atoms with Crippen LogP contribution in [-0.2, 0) is 4.79 Å². The average Bonchev–Trinajstić information content (AvgIpc) is 3.09. The highest BCUT2D eigenvalue weighted by Crippen LogP contribution is 2.40. The van der Waals surface area contributed by atoms with Crippen molar-refractivity contribution in [2.45, 2.75) is 56.0 Å². The molecule has 0 radical (unpaired) electrons. The first-order valence-corrected chi connectivity index (χ1v) is 7.49. The standard InChI is InChI=1S/C12H19N5O2S/c1-6(2)9-15-16-12(17(9)8-4-5-8)20-7(3)10(18)14-11(13)19/h6-8H,4-5H2,1-3H3,(H3,13,14,18,19)/t7-/m0/s1. The molecule has 1 aliphatic rings. The van der Waals surface area contributed by atoms with E-state index in [0.717, 1.165) is 23.8 Å². The first-order valence-electron chi connectivity index (χ1n) is 6.62. The molecular formula is C12H19N5O2S. The van der Waals surface area contributed by atoms with E-state index >= 15 is 0 Å². The van der Waals surface area contributed by atoms with E-state index < -0.39 is 17.2 Å². The van der Waals surface area contributed by atoms with Crippen LogP contribution in [0.1, 0.15) is 51.4 Å². The van der Waals surface area contributed by atoms with E-state index in [0.29, 0.717) is 6.04 Å². The molecule has 1 atom stereocenters. The van der Waals surface area contributed by atoms with Crippen molar-refractivity contribution in [3.05, 3.63) is 5.82 Å². The monoisotopic (exact) mass is 297 g/mol. The molecule has 2 rings (SSSR count). The lowest BCUT2D eigenvalue weighted by Gasteiger charge is -2.13. The summed E-state index contributed by atoms with van der Waals surface area (Å²) >= 11 is 1.30. The quantitative estimate of drug-likeness (QED) is 0.800. The maximum absolute atomic E-state index is 11.7. The minimum Gasteiger partial charge on any atom is -0.351 e. The predicted octanol–water partition coefficient (Wildman–Crippen LogP) is 1.41. The van der Waals surface area contributed by atoms with Crippen molar-refractivity contribution in [3.8, 4) is 0 Å². The molecule has 110 valence electrons. The third kappa shape index (κ3) is 3.30. The van der Waals surface area contributed by atoms with Gasteiger partial charge in [-0.2, -0.15) is 0 Å². The van der Waals surface area contributed by atoms with Gasteiger partial charge in [0.1, 0.15) is 5.82 Å². The van der Waals surface area contributed by atoms with Gasteiger partial charge in [0, 0.05) is 12.0 Å². The Morgan fingerprint density at radius 1 is 1.35 bits per heavy atom. The van der Waals surface area contributed by atoms with Crippen molar-refractivity contribution in [2.75, 3.05) is 0 Å². The Kier molecular flexibility index (Phi) is 4.32. The number of carbonyl (C=O) groups excluding carboxylic acids is 2. The number of nitrogens with one attached hydrogen (secondary N) is 1. The fourth-order valence-electron chi connectivity index (χ4n) is 1.87. The molecule has 1 saturated carbocycles. The summed E-state index contributed by atoms with van der Waals surface area (Å²) < 4.78 is 2.11.